The van der Waals surface area contributed by atoms with E-state index >= 15 is 0 Å². The van der Waals surface area contributed by atoms with Crippen LogP contribution < -0.4 is 0 Å². The molecule has 0 N–H and O–H groups in total. The number of fused-ring (bicyclic) bond motifs is 1. The summed E-state index contributed by atoms with van der Waals surface area (Å²) in [7, 11) is 1.40. The number of esters is 1. The lowest BCUT2D eigenvalue weighted by atomic mass is 10.0. The van der Waals surface area contributed by atoms with E-state index in [1.54, 1.807) is 6.07 Å². The summed E-state index contributed by atoms with van der Waals surface area (Å²) in [4.78, 5) is 11.8. The van der Waals surface area contributed by atoms with Crippen LogP contribution in [-0.4, -0.2) is 13.1 Å². The van der Waals surface area contributed by atoms with Gasteiger partial charge in [0, 0.05) is 0 Å². The SMILES string of the molecule is COC(=O)c1ccccc1C=Cc1cccc2ccccc12. The largest absolute Gasteiger partial charge is 0.465 e. The number of rotatable bonds is 3. The molecule has 3 aromatic carbocycles. The minimum Gasteiger partial charge on any atom is -0.465 e. The molecule has 0 aliphatic carbocycles. The van der Waals surface area contributed by atoms with E-state index in [2.05, 4.69) is 24.3 Å². The van der Waals surface area contributed by atoms with Gasteiger partial charge >= 0.3 is 5.97 Å². The van der Waals surface area contributed by atoms with E-state index in [-0.39, 0.29) is 5.97 Å². The lowest BCUT2D eigenvalue weighted by molar-refractivity contribution is 0.0600. The molecule has 3 rings (SSSR count). The molecular formula is C20H16O2. The molecule has 0 aliphatic rings. The fourth-order valence-corrected chi connectivity index (χ4v) is 2.51. The molecule has 0 atom stereocenters. The molecule has 0 unspecified atom stereocenters. The van der Waals surface area contributed by atoms with Crippen molar-refractivity contribution in [2.24, 2.45) is 0 Å². The Morgan fingerprint density at radius 1 is 0.818 bits per heavy atom. The predicted molar refractivity (Wildman–Crippen MR) is 90.7 cm³/mol. The van der Waals surface area contributed by atoms with Crippen molar-refractivity contribution in [2.75, 3.05) is 7.11 Å². The first-order valence-electron chi connectivity index (χ1n) is 7.13. The van der Waals surface area contributed by atoms with Gasteiger partial charge in [-0.2, -0.15) is 0 Å². The molecule has 0 saturated carbocycles. The number of benzene rings is 3. The second-order valence-electron chi connectivity index (χ2n) is 4.98. The maximum absolute atomic E-state index is 11.8. The van der Waals surface area contributed by atoms with Gasteiger partial charge in [0.15, 0.2) is 0 Å². The maximum Gasteiger partial charge on any atom is 0.338 e. The Bertz CT molecular complexity index is 842. The normalized spacial score (nSPS) is 11.0. The van der Waals surface area contributed by atoms with E-state index in [1.165, 1.54) is 17.9 Å². The quantitative estimate of drug-likeness (QED) is 0.511. The molecule has 0 fully saturated rings. The molecule has 0 amide bonds. The zero-order valence-corrected chi connectivity index (χ0v) is 12.3. The van der Waals surface area contributed by atoms with Crippen molar-refractivity contribution in [3.8, 4) is 0 Å². The van der Waals surface area contributed by atoms with Gasteiger partial charge in [0.25, 0.3) is 0 Å². The molecule has 0 spiro atoms. The van der Waals surface area contributed by atoms with Crippen molar-refractivity contribution < 1.29 is 9.53 Å². The molecule has 0 radical (unpaired) electrons. The summed E-state index contributed by atoms with van der Waals surface area (Å²) in [5.41, 5.74) is 2.54. The molecule has 2 heteroatoms. The van der Waals surface area contributed by atoms with Gasteiger partial charge in [-0.05, 0) is 28.0 Å². The Morgan fingerprint density at radius 2 is 1.45 bits per heavy atom. The first-order chi connectivity index (χ1) is 10.8. The molecule has 3 aromatic rings. The third kappa shape index (κ3) is 2.77. The highest BCUT2D eigenvalue weighted by molar-refractivity contribution is 5.97. The van der Waals surface area contributed by atoms with Crippen LogP contribution in [0, 0.1) is 0 Å². The average molecular weight is 288 g/mol. The topological polar surface area (TPSA) is 26.3 Å². The number of carbonyl (C=O) groups is 1. The van der Waals surface area contributed by atoms with Gasteiger partial charge in [-0.25, -0.2) is 4.79 Å². The van der Waals surface area contributed by atoms with Crippen molar-refractivity contribution in [3.63, 3.8) is 0 Å². The number of hydrogen-bond acceptors (Lipinski definition) is 2. The number of hydrogen-bond donors (Lipinski definition) is 0. The molecule has 0 aromatic heterocycles. The van der Waals surface area contributed by atoms with E-state index in [0.29, 0.717) is 5.56 Å². The Hall–Kier alpha value is -2.87. The first kappa shape index (κ1) is 14.1. The van der Waals surface area contributed by atoms with Crippen LogP contribution >= 0.6 is 0 Å². The van der Waals surface area contributed by atoms with Crippen molar-refractivity contribution in [3.05, 3.63) is 83.4 Å². The van der Waals surface area contributed by atoms with E-state index in [9.17, 15) is 4.79 Å². The summed E-state index contributed by atoms with van der Waals surface area (Å²) in [5.74, 6) is -0.321. The smallest absolute Gasteiger partial charge is 0.338 e. The van der Waals surface area contributed by atoms with E-state index in [0.717, 1.165) is 11.1 Å². The minimum absolute atomic E-state index is 0.321. The number of methoxy groups -OCH3 is 1. The number of carbonyl (C=O) groups excluding carboxylic acids is 1. The van der Waals surface area contributed by atoms with Crippen LogP contribution in [0.5, 0.6) is 0 Å². The van der Waals surface area contributed by atoms with Gasteiger partial charge in [-0.1, -0.05) is 72.8 Å². The molecule has 0 saturated heterocycles. The van der Waals surface area contributed by atoms with E-state index in [1.807, 2.05) is 48.6 Å². The van der Waals surface area contributed by atoms with Gasteiger partial charge in [-0.3, -0.25) is 0 Å². The third-order valence-corrected chi connectivity index (χ3v) is 3.63. The van der Waals surface area contributed by atoms with Gasteiger partial charge in [0.05, 0.1) is 12.7 Å². The maximum atomic E-state index is 11.8. The Kier molecular flexibility index (Phi) is 4.01. The van der Waals surface area contributed by atoms with Crippen molar-refractivity contribution >= 4 is 28.9 Å². The fraction of sp³-hybridized carbons (Fsp3) is 0.0500. The van der Waals surface area contributed by atoms with E-state index in [4.69, 9.17) is 4.74 Å². The molecule has 0 aliphatic heterocycles. The molecule has 2 nitrogen and oxygen atoms in total. The summed E-state index contributed by atoms with van der Waals surface area (Å²) in [6.45, 7) is 0. The van der Waals surface area contributed by atoms with Crippen LogP contribution in [0.25, 0.3) is 22.9 Å². The average Bonchev–Trinajstić information content (AvgIpc) is 2.59. The fourth-order valence-electron chi connectivity index (χ4n) is 2.51. The highest BCUT2D eigenvalue weighted by atomic mass is 16.5. The lowest BCUT2D eigenvalue weighted by Gasteiger charge is -2.04. The summed E-state index contributed by atoms with van der Waals surface area (Å²) >= 11 is 0. The van der Waals surface area contributed by atoms with Crippen LogP contribution in [0.1, 0.15) is 21.5 Å². The predicted octanol–water partition coefficient (Wildman–Crippen LogP) is 4.80. The summed E-state index contributed by atoms with van der Waals surface area (Å²) < 4.78 is 4.83. The van der Waals surface area contributed by atoms with Crippen molar-refractivity contribution in [1.82, 2.24) is 0 Å². The third-order valence-electron chi connectivity index (χ3n) is 3.63. The number of ether oxygens (including phenoxy) is 1. The summed E-state index contributed by atoms with van der Waals surface area (Å²) in [5, 5.41) is 2.39. The van der Waals surface area contributed by atoms with Crippen molar-refractivity contribution in [1.29, 1.82) is 0 Å². The monoisotopic (exact) mass is 288 g/mol. The standard InChI is InChI=1S/C20H16O2/c1-22-20(21)19-12-5-3-8-17(19)14-13-16-10-6-9-15-7-2-4-11-18(15)16/h2-14H,1H3. The van der Waals surface area contributed by atoms with Crippen LogP contribution in [0.15, 0.2) is 66.7 Å². The van der Waals surface area contributed by atoms with Crippen LogP contribution in [0.4, 0.5) is 0 Å². The second-order valence-corrected chi connectivity index (χ2v) is 4.98. The minimum atomic E-state index is -0.321. The van der Waals surface area contributed by atoms with E-state index < -0.39 is 0 Å². The van der Waals surface area contributed by atoms with Gasteiger partial charge < -0.3 is 4.74 Å². The second kappa shape index (κ2) is 6.27. The first-order valence-corrected chi connectivity index (χ1v) is 7.13. The van der Waals surface area contributed by atoms with Crippen LogP contribution in [0.3, 0.4) is 0 Å². The van der Waals surface area contributed by atoms with Crippen LogP contribution in [0.2, 0.25) is 0 Å². The molecular weight excluding hydrogens is 272 g/mol. The summed E-state index contributed by atoms with van der Waals surface area (Å²) in [6.07, 6.45) is 3.98. The van der Waals surface area contributed by atoms with Gasteiger partial charge in [0.1, 0.15) is 0 Å². The molecule has 108 valence electrons. The highest BCUT2D eigenvalue weighted by Crippen LogP contribution is 2.21. The highest BCUT2D eigenvalue weighted by Gasteiger charge is 2.08. The van der Waals surface area contributed by atoms with Gasteiger partial charge in [0.2, 0.25) is 0 Å². The Labute approximate surface area is 129 Å². The van der Waals surface area contributed by atoms with Gasteiger partial charge in [-0.15, -0.1) is 0 Å². The molecule has 22 heavy (non-hydrogen) atoms. The Balaban J connectivity index is 2.02. The zero-order valence-electron chi connectivity index (χ0n) is 12.3. The Morgan fingerprint density at radius 3 is 2.32 bits per heavy atom. The van der Waals surface area contributed by atoms with Crippen molar-refractivity contribution in [2.45, 2.75) is 0 Å². The molecule has 0 heterocycles. The summed E-state index contributed by atoms with van der Waals surface area (Å²) in [6, 6.07) is 21.9. The lowest BCUT2D eigenvalue weighted by Crippen LogP contribution is -2.02. The zero-order chi connectivity index (χ0) is 15.4. The molecule has 0 bridgehead atoms. The van der Waals surface area contributed by atoms with Crippen LogP contribution in [-0.2, 0) is 4.74 Å².